The van der Waals surface area contributed by atoms with Gasteiger partial charge in [-0.25, -0.2) is 0 Å². The summed E-state index contributed by atoms with van der Waals surface area (Å²) in [6, 6.07) is 12.1. The Morgan fingerprint density at radius 1 is 1.12 bits per heavy atom. The molecule has 0 N–H and O–H groups in total. The lowest BCUT2D eigenvalue weighted by molar-refractivity contribution is 0.0475. The van der Waals surface area contributed by atoms with Crippen LogP contribution in [0, 0.1) is 0 Å². The summed E-state index contributed by atoms with van der Waals surface area (Å²) in [6.07, 6.45) is 0.256. The molecule has 0 saturated heterocycles. The van der Waals surface area contributed by atoms with Gasteiger partial charge in [0, 0.05) is 32.4 Å². The summed E-state index contributed by atoms with van der Waals surface area (Å²) in [4.78, 5) is 41.4. The van der Waals surface area contributed by atoms with E-state index in [0.29, 0.717) is 55.4 Å². The highest BCUT2D eigenvalue weighted by Gasteiger charge is 2.36. The lowest BCUT2D eigenvalue weighted by Crippen LogP contribution is -2.43. The number of rotatable bonds is 8. The highest BCUT2D eigenvalue weighted by atomic mass is 16.6. The van der Waals surface area contributed by atoms with Crippen LogP contribution in [0.3, 0.4) is 0 Å². The van der Waals surface area contributed by atoms with E-state index in [-0.39, 0.29) is 35.9 Å². The Morgan fingerprint density at radius 2 is 1.88 bits per heavy atom. The van der Waals surface area contributed by atoms with Gasteiger partial charge in [-0.3, -0.25) is 19.3 Å². The lowest BCUT2D eigenvalue weighted by atomic mass is 10.0. The van der Waals surface area contributed by atoms with Gasteiger partial charge < -0.3 is 19.1 Å². The maximum atomic E-state index is 13.2. The van der Waals surface area contributed by atoms with Gasteiger partial charge in [0.05, 0.1) is 17.7 Å². The predicted molar refractivity (Wildman–Crippen MR) is 116 cm³/mol. The molecule has 0 aromatic heterocycles. The van der Waals surface area contributed by atoms with E-state index in [1.54, 1.807) is 24.1 Å². The molecule has 0 fully saturated rings. The molecule has 2 aromatic rings. The second-order valence-electron chi connectivity index (χ2n) is 7.71. The minimum Gasteiger partial charge on any atom is -0.486 e. The molecule has 32 heavy (non-hydrogen) atoms. The number of carbonyl (C=O) groups excluding carboxylic acids is 3. The third kappa shape index (κ3) is 4.18. The number of amides is 3. The number of fused-ring (bicyclic) bond motifs is 2. The topological polar surface area (TPSA) is 85.4 Å². The van der Waals surface area contributed by atoms with E-state index in [4.69, 9.17) is 14.2 Å². The first kappa shape index (κ1) is 21.8. The van der Waals surface area contributed by atoms with Crippen LogP contribution in [0.4, 0.5) is 0 Å². The van der Waals surface area contributed by atoms with Crippen molar-refractivity contribution in [2.75, 3.05) is 40.0 Å². The van der Waals surface area contributed by atoms with Crippen molar-refractivity contribution in [1.29, 1.82) is 0 Å². The van der Waals surface area contributed by atoms with Gasteiger partial charge in [-0.05, 0) is 43.7 Å². The number of hydrogen-bond donors (Lipinski definition) is 0. The molecule has 0 radical (unpaired) electrons. The fourth-order valence-corrected chi connectivity index (χ4v) is 3.93. The standard InChI is InChI=1S/C24H26N2O6/c1-3-25(14-17-15-31-20-7-4-5-8-21(20)32-17)22(27)16-9-10-18-19(13-16)24(29)26(23(18)28)11-6-12-30-2/h4-5,7-10,13,17H,3,6,11-12,14-15H2,1-2H3. The fraction of sp³-hybridized carbons (Fsp3) is 0.375. The Kier molecular flexibility index (Phi) is 6.41. The van der Waals surface area contributed by atoms with E-state index in [9.17, 15) is 14.4 Å². The van der Waals surface area contributed by atoms with Crippen LogP contribution in [0.1, 0.15) is 44.4 Å². The zero-order valence-electron chi connectivity index (χ0n) is 18.2. The Balaban J connectivity index is 1.46. The van der Waals surface area contributed by atoms with Crippen LogP contribution in [0.15, 0.2) is 42.5 Å². The second-order valence-corrected chi connectivity index (χ2v) is 7.71. The summed E-state index contributed by atoms with van der Waals surface area (Å²) >= 11 is 0. The number of hydrogen-bond acceptors (Lipinski definition) is 6. The molecule has 2 aliphatic heterocycles. The zero-order chi connectivity index (χ0) is 22.7. The van der Waals surface area contributed by atoms with Crippen molar-refractivity contribution in [2.24, 2.45) is 0 Å². The molecule has 0 spiro atoms. The molecule has 0 saturated carbocycles. The largest absolute Gasteiger partial charge is 0.486 e. The predicted octanol–water partition coefficient (Wildman–Crippen LogP) is 2.62. The minimum atomic E-state index is -0.376. The van der Waals surface area contributed by atoms with Crippen LogP contribution in [-0.4, -0.2) is 73.6 Å². The molecule has 2 heterocycles. The van der Waals surface area contributed by atoms with Crippen LogP contribution in [0.25, 0.3) is 0 Å². The number of nitrogens with zero attached hydrogens (tertiary/aromatic N) is 2. The molecule has 4 rings (SSSR count). The molecule has 2 aliphatic rings. The molecule has 168 valence electrons. The van der Waals surface area contributed by atoms with E-state index in [1.807, 2.05) is 31.2 Å². The molecule has 2 aromatic carbocycles. The second kappa shape index (κ2) is 9.40. The first-order chi connectivity index (χ1) is 15.5. The Labute approximate surface area is 186 Å². The molecule has 3 amide bonds. The van der Waals surface area contributed by atoms with Crippen molar-refractivity contribution in [1.82, 2.24) is 9.80 Å². The van der Waals surface area contributed by atoms with Gasteiger partial charge >= 0.3 is 0 Å². The van der Waals surface area contributed by atoms with E-state index in [1.165, 1.54) is 11.0 Å². The van der Waals surface area contributed by atoms with Crippen molar-refractivity contribution < 1.29 is 28.6 Å². The number of carbonyl (C=O) groups is 3. The van der Waals surface area contributed by atoms with Crippen molar-refractivity contribution >= 4 is 17.7 Å². The van der Waals surface area contributed by atoms with Crippen LogP contribution >= 0.6 is 0 Å². The Bertz CT molecular complexity index is 1040. The lowest BCUT2D eigenvalue weighted by Gasteiger charge is -2.31. The first-order valence-electron chi connectivity index (χ1n) is 10.7. The van der Waals surface area contributed by atoms with Crippen molar-refractivity contribution in [2.45, 2.75) is 19.4 Å². The van der Waals surface area contributed by atoms with Crippen LogP contribution in [-0.2, 0) is 4.74 Å². The molecule has 1 unspecified atom stereocenters. The third-order valence-electron chi connectivity index (χ3n) is 5.61. The van der Waals surface area contributed by atoms with E-state index < -0.39 is 0 Å². The average Bonchev–Trinajstić information content (AvgIpc) is 3.06. The van der Waals surface area contributed by atoms with Crippen LogP contribution in [0.2, 0.25) is 0 Å². The summed E-state index contributed by atoms with van der Waals surface area (Å²) in [6.45, 7) is 3.78. The van der Waals surface area contributed by atoms with Crippen LogP contribution < -0.4 is 9.47 Å². The van der Waals surface area contributed by atoms with E-state index in [0.717, 1.165) is 0 Å². The summed E-state index contributed by atoms with van der Waals surface area (Å²) in [5.41, 5.74) is 0.954. The van der Waals surface area contributed by atoms with Crippen LogP contribution in [0.5, 0.6) is 11.5 Å². The summed E-state index contributed by atoms with van der Waals surface area (Å²) in [5.74, 6) is 0.409. The Morgan fingerprint density at radius 3 is 2.62 bits per heavy atom. The fourth-order valence-electron chi connectivity index (χ4n) is 3.93. The van der Waals surface area contributed by atoms with Gasteiger partial charge in [0.2, 0.25) is 0 Å². The van der Waals surface area contributed by atoms with E-state index in [2.05, 4.69) is 0 Å². The monoisotopic (exact) mass is 438 g/mol. The summed E-state index contributed by atoms with van der Waals surface area (Å²) in [5, 5.41) is 0. The SMILES string of the molecule is CCN(CC1COc2ccccc2O1)C(=O)c1ccc2c(c1)C(=O)N(CCCOC)C2=O. The van der Waals surface area contributed by atoms with Gasteiger partial charge in [0.1, 0.15) is 6.61 Å². The highest BCUT2D eigenvalue weighted by molar-refractivity contribution is 6.22. The number of benzene rings is 2. The number of methoxy groups -OCH3 is 1. The average molecular weight is 438 g/mol. The first-order valence-corrected chi connectivity index (χ1v) is 10.7. The molecule has 0 bridgehead atoms. The number of para-hydroxylation sites is 2. The number of ether oxygens (including phenoxy) is 3. The number of imide groups is 1. The molecular formula is C24H26N2O6. The van der Waals surface area contributed by atoms with Crippen molar-refractivity contribution in [3.63, 3.8) is 0 Å². The quantitative estimate of drug-likeness (QED) is 0.465. The summed E-state index contributed by atoms with van der Waals surface area (Å²) < 4.78 is 16.7. The van der Waals surface area contributed by atoms with Crippen molar-refractivity contribution in [3.05, 3.63) is 59.2 Å². The molecule has 8 nitrogen and oxygen atoms in total. The smallest absolute Gasteiger partial charge is 0.261 e. The molecule has 8 heteroatoms. The van der Waals surface area contributed by atoms with Gasteiger partial charge in [0.15, 0.2) is 17.6 Å². The van der Waals surface area contributed by atoms with Gasteiger partial charge in [-0.15, -0.1) is 0 Å². The van der Waals surface area contributed by atoms with Crippen molar-refractivity contribution in [3.8, 4) is 11.5 Å². The van der Waals surface area contributed by atoms with E-state index >= 15 is 0 Å². The normalized spacial score (nSPS) is 16.8. The van der Waals surface area contributed by atoms with Gasteiger partial charge in [-0.1, -0.05) is 12.1 Å². The molecule has 0 aliphatic carbocycles. The maximum Gasteiger partial charge on any atom is 0.261 e. The highest BCUT2D eigenvalue weighted by Crippen LogP contribution is 2.31. The molecular weight excluding hydrogens is 412 g/mol. The van der Waals surface area contributed by atoms with Gasteiger partial charge in [-0.2, -0.15) is 0 Å². The zero-order valence-corrected chi connectivity index (χ0v) is 18.2. The number of likely N-dealkylation sites (N-methyl/N-ethyl adjacent to an activating group) is 1. The maximum absolute atomic E-state index is 13.2. The molecule has 1 atom stereocenters. The minimum absolute atomic E-state index is 0.226. The third-order valence-corrected chi connectivity index (χ3v) is 5.61. The van der Waals surface area contributed by atoms with Gasteiger partial charge in [0.25, 0.3) is 17.7 Å². The summed E-state index contributed by atoms with van der Waals surface area (Å²) in [7, 11) is 1.57. The Hall–Kier alpha value is -3.39.